The summed E-state index contributed by atoms with van der Waals surface area (Å²) in [5, 5.41) is 1.60. The summed E-state index contributed by atoms with van der Waals surface area (Å²) < 4.78 is 0. The van der Waals surface area contributed by atoms with E-state index in [0.717, 1.165) is 11.3 Å². The summed E-state index contributed by atoms with van der Waals surface area (Å²) in [5.74, 6) is -0.167. The van der Waals surface area contributed by atoms with Crippen LogP contribution in [0.1, 0.15) is 42.4 Å². The Labute approximate surface area is 160 Å². The number of pyridine rings is 1. The number of aromatic nitrogens is 1. The summed E-state index contributed by atoms with van der Waals surface area (Å²) in [5.41, 5.74) is 6.90. The second kappa shape index (κ2) is 8.04. The van der Waals surface area contributed by atoms with Crippen molar-refractivity contribution in [2.45, 2.75) is 32.7 Å². The number of para-hydroxylation sites is 1. The average molecular weight is 359 g/mol. The van der Waals surface area contributed by atoms with Crippen LogP contribution in [0.3, 0.4) is 0 Å². The van der Waals surface area contributed by atoms with Gasteiger partial charge in [0.05, 0.1) is 12.2 Å². The first-order valence-corrected chi connectivity index (χ1v) is 9.07. The number of rotatable bonds is 5. The minimum Gasteiger partial charge on any atom is -0.295 e. The van der Waals surface area contributed by atoms with Gasteiger partial charge >= 0.3 is 0 Å². The Bertz CT molecular complexity index is 869. The average Bonchev–Trinajstić information content (AvgIpc) is 2.68. The third kappa shape index (κ3) is 4.94. The highest BCUT2D eigenvalue weighted by molar-refractivity contribution is 5.93. The molecule has 0 saturated carbocycles. The second-order valence-corrected chi connectivity index (χ2v) is 7.53. The topological polar surface area (TPSA) is 45.2 Å². The Kier molecular flexibility index (Phi) is 5.55. The first kappa shape index (κ1) is 18.6. The Hall–Kier alpha value is -3.14. The predicted octanol–water partition coefficient (Wildman–Crippen LogP) is 5.05. The Morgan fingerprint density at radius 1 is 0.926 bits per heavy atom. The molecular formula is C23H25N3O. The first-order valence-electron chi connectivity index (χ1n) is 9.07. The second-order valence-electron chi connectivity index (χ2n) is 7.53. The third-order valence-electron chi connectivity index (χ3n) is 4.33. The van der Waals surface area contributed by atoms with Crippen molar-refractivity contribution >= 4 is 11.6 Å². The molecule has 0 fully saturated rings. The van der Waals surface area contributed by atoms with Gasteiger partial charge in [0.25, 0.3) is 5.91 Å². The zero-order valence-corrected chi connectivity index (χ0v) is 16.0. The molecule has 1 aromatic heterocycles. The lowest BCUT2D eigenvalue weighted by molar-refractivity contribution is 0.0777. The lowest BCUT2D eigenvalue weighted by atomic mass is 9.87. The van der Waals surface area contributed by atoms with E-state index in [1.807, 2.05) is 36.4 Å². The van der Waals surface area contributed by atoms with Crippen molar-refractivity contribution in [2.75, 3.05) is 5.43 Å². The molecule has 0 aliphatic rings. The number of hydrazine groups is 1. The number of anilines is 1. The number of benzene rings is 2. The maximum Gasteiger partial charge on any atom is 0.291 e. The summed E-state index contributed by atoms with van der Waals surface area (Å²) in [6, 6.07) is 23.4. The van der Waals surface area contributed by atoms with Gasteiger partial charge in [-0.15, -0.1) is 0 Å². The van der Waals surface area contributed by atoms with E-state index in [9.17, 15) is 4.79 Å². The van der Waals surface area contributed by atoms with Gasteiger partial charge < -0.3 is 0 Å². The summed E-state index contributed by atoms with van der Waals surface area (Å²) in [7, 11) is 0. The minimum absolute atomic E-state index is 0.101. The van der Waals surface area contributed by atoms with Crippen molar-refractivity contribution in [1.82, 2.24) is 9.99 Å². The molecule has 3 aromatic rings. The molecule has 2 aromatic carbocycles. The fraction of sp³-hybridized carbons (Fsp3) is 0.217. The standard InChI is InChI=1S/C23H25N3O/c1-23(2,3)19-14-12-18(13-15-19)17-26(25-20-9-5-4-6-10-20)22(27)21-11-7-8-16-24-21/h4-16,25H,17H2,1-3H3. The molecule has 0 saturated heterocycles. The number of nitrogens with zero attached hydrogens (tertiary/aromatic N) is 2. The van der Waals surface area contributed by atoms with Crippen LogP contribution in [0.4, 0.5) is 5.69 Å². The number of nitrogens with one attached hydrogen (secondary N) is 1. The van der Waals surface area contributed by atoms with Gasteiger partial charge in [0.2, 0.25) is 0 Å². The van der Waals surface area contributed by atoms with E-state index < -0.39 is 0 Å². The van der Waals surface area contributed by atoms with Gasteiger partial charge in [0.15, 0.2) is 0 Å². The van der Waals surface area contributed by atoms with Crippen molar-refractivity contribution in [3.63, 3.8) is 0 Å². The predicted molar refractivity (Wildman–Crippen MR) is 109 cm³/mol. The number of hydrogen-bond donors (Lipinski definition) is 1. The maximum atomic E-state index is 13.0. The highest BCUT2D eigenvalue weighted by atomic mass is 16.2. The van der Waals surface area contributed by atoms with Gasteiger partial charge in [0.1, 0.15) is 5.69 Å². The summed E-state index contributed by atoms with van der Waals surface area (Å²) in [6.45, 7) is 7.01. The SMILES string of the molecule is CC(C)(C)c1ccc(CN(Nc2ccccc2)C(=O)c2ccccn2)cc1. The van der Waals surface area contributed by atoms with Gasteiger partial charge in [-0.2, -0.15) is 0 Å². The van der Waals surface area contributed by atoms with Crippen LogP contribution in [0, 0.1) is 0 Å². The summed E-state index contributed by atoms with van der Waals surface area (Å²) in [4.78, 5) is 17.2. The largest absolute Gasteiger partial charge is 0.295 e. The molecule has 0 unspecified atom stereocenters. The zero-order chi connectivity index (χ0) is 19.3. The van der Waals surface area contributed by atoms with Crippen LogP contribution >= 0.6 is 0 Å². The number of amides is 1. The van der Waals surface area contributed by atoms with Crippen molar-refractivity contribution in [1.29, 1.82) is 0 Å². The molecule has 1 amide bonds. The molecule has 0 atom stereocenters. The van der Waals surface area contributed by atoms with Crippen LogP contribution in [-0.4, -0.2) is 15.9 Å². The normalized spacial score (nSPS) is 11.1. The van der Waals surface area contributed by atoms with Crippen LogP contribution < -0.4 is 5.43 Å². The maximum absolute atomic E-state index is 13.0. The van der Waals surface area contributed by atoms with Gasteiger partial charge in [-0.25, -0.2) is 5.01 Å². The Balaban J connectivity index is 1.84. The molecule has 27 heavy (non-hydrogen) atoms. The molecule has 0 aliphatic carbocycles. The van der Waals surface area contributed by atoms with E-state index in [0.29, 0.717) is 12.2 Å². The van der Waals surface area contributed by atoms with E-state index in [4.69, 9.17) is 0 Å². The van der Waals surface area contributed by atoms with Gasteiger partial charge in [-0.05, 0) is 40.8 Å². The molecule has 1 N–H and O–H groups in total. The van der Waals surface area contributed by atoms with Crippen LogP contribution in [0.2, 0.25) is 0 Å². The number of hydrogen-bond acceptors (Lipinski definition) is 3. The fourth-order valence-electron chi connectivity index (χ4n) is 2.75. The van der Waals surface area contributed by atoms with Gasteiger partial charge in [-0.1, -0.05) is 69.3 Å². The summed E-state index contributed by atoms with van der Waals surface area (Å²) >= 11 is 0. The molecule has 0 radical (unpaired) electrons. The third-order valence-corrected chi connectivity index (χ3v) is 4.33. The highest BCUT2D eigenvalue weighted by Crippen LogP contribution is 2.23. The lowest BCUT2D eigenvalue weighted by Gasteiger charge is -2.25. The molecule has 0 aliphatic heterocycles. The monoisotopic (exact) mass is 359 g/mol. The molecule has 138 valence electrons. The van der Waals surface area contributed by atoms with E-state index in [-0.39, 0.29) is 11.3 Å². The number of carbonyl (C=O) groups excluding carboxylic acids is 1. The molecule has 1 heterocycles. The van der Waals surface area contributed by atoms with Crippen molar-refractivity contribution < 1.29 is 4.79 Å². The molecular weight excluding hydrogens is 334 g/mol. The Morgan fingerprint density at radius 2 is 1.59 bits per heavy atom. The van der Waals surface area contributed by atoms with E-state index in [1.165, 1.54) is 5.56 Å². The van der Waals surface area contributed by atoms with Crippen molar-refractivity contribution in [3.8, 4) is 0 Å². The van der Waals surface area contributed by atoms with E-state index in [2.05, 4.69) is 55.4 Å². The smallest absolute Gasteiger partial charge is 0.291 e. The molecule has 0 spiro atoms. The van der Waals surface area contributed by atoms with Crippen LogP contribution in [-0.2, 0) is 12.0 Å². The van der Waals surface area contributed by atoms with Crippen molar-refractivity contribution in [2.24, 2.45) is 0 Å². The summed E-state index contributed by atoms with van der Waals surface area (Å²) in [6.07, 6.45) is 1.63. The molecule has 4 nitrogen and oxygen atoms in total. The minimum atomic E-state index is -0.167. The van der Waals surface area contributed by atoms with Gasteiger partial charge in [-0.3, -0.25) is 15.2 Å². The fourth-order valence-corrected chi connectivity index (χ4v) is 2.75. The molecule has 4 heteroatoms. The Morgan fingerprint density at radius 3 is 2.19 bits per heavy atom. The highest BCUT2D eigenvalue weighted by Gasteiger charge is 2.18. The van der Waals surface area contributed by atoms with E-state index >= 15 is 0 Å². The van der Waals surface area contributed by atoms with E-state index in [1.54, 1.807) is 23.3 Å². The van der Waals surface area contributed by atoms with Crippen LogP contribution in [0.15, 0.2) is 79.0 Å². The first-order chi connectivity index (χ1) is 12.9. The van der Waals surface area contributed by atoms with Crippen LogP contribution in [0.5, 0.6) is 0 Å². The van der Waals surface area contributed by atoms with Gasteiger partial charge in [0, 0.05) is 6.20 Å². The quantitative estimate of drug-likeness (QED) is 0.649. The number of carbonyl (C=O) groups is 1. The molecule has 3 rings (SSSR count). The van der Waals surface area contributed by atoms with Crippen molar-refractivity contribution in [3.05, 3.63) is 95.8 Å². The molecule has 0 bridgehead atoms. The lowest BCUT2D eigenvalue weighted by Crippen LogP contribution is -2.36. The van der Waals surface area contributed by atoms with Crippen LogP contribution in [0.25, 0.3) is 0 Å². The zero-order valence-electron chi connectivity index (χ0n) is 16.0.